The third-order valence-corrected chi connectivity index (χ3v) is 7.58. The van der Waals surface area contributed by atoms with Crippen molar-refractivity contribution in [2.75, 3.05) is 11.9 Å². The Bertz CT molecular complexity index is 1340. The normalized spacial score (nSPS) is 11.7. The Hall–Kier alpha value is -4.03. The van der Waals surface area contributed by atoms with Gasteiger partial charge in [-0.05, 0) is 43.0 Å². The van der Waals surface area contributed by atoms with Crippen LogP contribution in [0.2, 0.25) is 0 Å². The van der Waals surface area contributed by atoms with Gasteiger partial charge in [0.15, 0.2) is 5.78 Å². The number of esters is 1. The second-order valence-electron chi connectivity index (χ2n) is 8.71. The van der Waals surface area contributed by atoms with E-state index in [-0.39, 0.29) is 29.8 Å². The highest BCUT2D eigenvalue weighted by molar-refractivity contribution is 7.18. The average Bonchev–Trinajstić information content (AvgIpc) is 3.24. The molecule has 5 nitrogen and oxygen atoms in total. The van der Waals surface area contributed by atoms with Gasteiger partial charge in [0, 0.05) is 5.92 Å². The Morgan fingerprint density at radius 2 is 1.30 bits per heavy atom. The number of anilines is 1. The summed E-state index contributed by atoms with van der Waals surface area (Å²) < 4.78 is 5.26. The molecule has 1 aromatic heterocycles. The Kier molecular flexibility index (Phi) is 8.31. The zero-order valence-electron chi connectivity index (χ0n) is 21.1. The van der Waals surface area contributed by atoms with E-state index in [1.807, 2.05) is 91.0 Å². The molecule has 1 amide bonds. The number of carbonyl (C=O) groups excluding carboxylic acids is 3. The van der Waals surface area contributed by atoms with E-state index in [0.29, 0.717) is 15.4 Å². The number of hydrogen-bond acceptors (Lipinski definition) is 5. The fourth-order valence-electron chi connectivity index (χ4n) is 4.63. The average molecular weight is 512 g/mol. The highest BCUT2D eigenvalue weighted by atomic mass is 32.1. The summed E-state index contributed by atoms with van der Waals surface area (Å²) >= 11 is 1.11. The van der Waals surface area contributed by atoms with Gasteiger partial charge in [0.2, 0.25) is 5.91 Å². The third kappa shape index (κ3) is 5.70. The van der Waals surface area contributed by atoms with Crippen LogP contribution in [0.5, 0.6) is 0 Å². The number of rotatable bonds is 9. The lowest BCUT2D eigenvalue weighted by Gasteiger charge is -2.28. The predicted molar refractivity (Wildman–Crippen MR) is 148 cm³/mol. The Balaban J connectivity index is 1.84. The van der Waals surface area contributed by atoms with E-state index >= 15 is 0 Å². The molecule has 0 radical (unpaired) electrons. The maximum atomic E-state index is 14.2. The summed E-state index contributed by atoms with van der Waals surface area (Å²) in [6.45, 7) is 5.07. The lowest BCUT2D eigenvalue weighted by Crippen LogP contribution is -2.27. The van der Waals surface area contributed by atoms with Crippen LogP contribution in [-0.4, -0.2) is 24.3 Å². The molecule has 0 fully saturated rings. The van der Waals surface area contributed by atoms with E-state index in [1.54, 1.807) is 13.8 Å². The van der Waals surface area contributed by atoms with Crippen molar-refractivity contribution in [1.29, 1.82) is 0 Å². The van der Waals surface area contributed by atoms with Gasteiger partial charge in [0.1, 0.15) is 5.00 Å². The van der Waals surface area contributed by atoms with Gasteiger partial charge in [0.05, 0.1) is 23.0 Å². The van der Waals surface area contributed by atoms with Crippen LogP contribution in [-0.2, 0) is 9.53 Å². The molecule has 1 atom stereocenters. The molecule has 188 valence electrons. The first kappa shape index (κ1) is 26.0. The van der Waals surface area contributed by atoms with Crippen LogP contribution in [0.1, 0.15) is 68.0 Å². The summed E-state index contributed by atoms with van der Waals surface area (Å²) in [5.74, 6) is -1.89. The van der Waals surface area contributed by atoms with E-state index in [9.17, 15) is 14.4 Å². The minimum absolute atomic E-state index is 0.167. The molecule has 37 heavy (non-hydrogen) atoms. The van der Waals surface area contributed by atoms with E-state index in [4.69, 9.17) is 4.74 Å². The van der Waals surface area contributed by atoms with Gasteiger partial charge in [-0.15, -0.1) is 11.3 Å². The molecule has 6 heteroatoms. The monoisotopic (exact) mass is 511 g/mol. The van der Waals surface area contributed by atoms with Crippen molar-refractivity contribution in [1.82, 2.24) is 0 Å². The minimum Gasteiger partial charge on any atom is -0.462 e. The quantitative estimate of drug-likeness (QED) is 0.194. The molecule has 1 N–H and O–H groups in total. The first-order valence-electron chi connectivity index (χ1n) is 12.2. The molecule has 0 saturated carbocycles. The SMILES string of the molecule is CCOC(=O)c1c(NC(=O)C(c2ccccc2)C(c2ccccc2)c2ccccc2)sc(C(C)=O)c1C. The molecule has 3 aromatic carbocycles. The Morgan fingerprint density at radius 1 is 0.811 bits per heavy atom. The maximum absolute atomic E-state index is 14.2. The summed E-state index contributed by atoms with van der Waals surface area (Å²) in [5, 5.41) is 3.34. The van der Waals surface area contributed by atoms with Crippen molar-refractivity contribution in [3.63, 3.8) is 0 Å². The maximum Gasteiger partial charge on any atom is 0.341 e. The number of ketones is 1. The molecule has 0 saturated heterocycles. The summed E-state index contributed by atoms with van der Waals surface area (Å²) in [5.41, 5.74) is 3.58. The molecule has 1 heterocycles. The van der Waals surface area contributed by atoms with Gasteiger partial charge in [-0.3, -0.25) is 9.59 Å². The second-order valence-corrected chi connectivity index (χ2v) is 9.73. The topological polar surface area (TPSA) is 72.5 Å². The first-order chi connectivity index (χ1) is 17.9. The number of nitrogens with one attached hydrogen (secondary N) is 1. The molecule has 0 bridgehead atoms. The standard InChI is InChI=1S/C31H29NO4S/c1-4-36-31(35)25-20(2)28(21(3)33)37-30(25)32-29(34)27(24-18-12-7-13-19-24)26(22-14-8-5-9-15-22)23-16-10-6-11-17-23/h5-19,26-27H,4H2,1-3H3,(H,32,34). The van der Waals surface area contributed by atoms with Gasteiger partial charge >= 0.3 is 5.97 Å². The molecule has 4 aromatic rings. The Labute approximate surface area is 221 Å². The molecule has 0 aliphatic carbocycles. The fraction of sp³-hybridized carbons (Fsp3) is 0.194. The number of hydrogen-bond donors (Lipinski definition) is 1. The van der Waals surface area contributed by atoms with Crippen LogP contribution < -0.4 is 5.32 Å². The van der Waals surface area contributed by atoms with Crippen LogP contribution in [0, 0.1) is 6.92 Å². The van der Waals surface area contributed by atoms with Gasteiger partial charge in [-0.1, -0.05) is 91.0 Å². The largest absolute Gasteiger partial charge is 0.462 e. The third-order valence-electron chi connectivity index (χ3n) is 6.27. The number of Topliss-reactive ketones (excluding diaryl/α,β-unsaturated/α-hetero) is 1. The number of benzene rings is 3. The number of carbonyl (C=O) groups is 3. The Morgan fingerprint density at radius 3 is 1.76 bits per heavy atom. The van der Waals surface area contributed by atoms with Gasteiger partial charge < -0.3 is 10.1 Å². The van der Waals surface area contributed by atoms with Crippen LogP contribution in [0.25, 0.3) is 0 Å². The first-order valence-corrected chi connectivity index (χ1v) is 13.0. The van der Waals surface area contributed by atoms with Gasteiger partial charge in [-0.2, -0.15) is 0 Å². The molecule has 0 aliphatic heterocycles. The van der Waals surface area contributed by atoms with E-state index < -0.39 is 11.9 Å². The van der Waals surface area contributed by atoms with E-state index in [1.165, 1.54) is 6.92 Å². The molecular formula is C31H29NO4S. The van der Waals surface area contributed by atoms with Gasteiger partial charge in [0.25, 0.3) is 0 Å². The number of thiophene rings is 1. The smallest absolute Gasteiger partial charge is 0.341 e. The van der Waals surface area contributed by atoms with Gasteiger partial charge in [-0.25, -0.2) is 4.79 Å². The highest BCUT2D eigenvalue weighted by Crippen LogP contribution is 2.41. The molecule has 4 rings (SSSR count). The van der Waals surface area contributed by atoms with Crippen LogP contribution in [0.3, 0.4) is 0 Å². The second kappa shape index (κ2) is 11.8. The minimum atomic E-state index is -0.607. The molecular weight excluding hydrogens is 482 g/mol. The molecule has 1 unspecified atom stereocenters. The van der Waals surface area contributed by atoms with Crippen molar-refractivity contribution >= 4 is 34.0 Å². The van der Waals surface area contributed by atoms with Crippen molar-refractivity contribution in [2.24, 2.45) is 0 Å². The van der Waals surface area contributed by atoms with Crippen LogP contribution in [0.4, 0.5) is 5.00 Å². The van der Waals surface area contributed by atoms with Crippen LogP contribution >= 0.6 is 11.3 Å². The molecule has 0 aliphatic rings. The zero-order valence-corrected chi connectivity index (χ0v) is 21.9. The number of ether oxygens (including phenoxy) is 1. The van der Waals surface area contributed by atoms with E-state index in [2.05, 4.69) is 5.32 Å². The molecule has 0 spiro atoms. The fourth-order valence-corrected chi connectivity index (χ4v) is 5.72. The van der Waals surface area contributed by atoms with Crippen molar-refractivity contribution in [2.45, 2.75) is 32.6 Å². The highest BCUT2D eigenvalue weighted by Gasteiger charge is 2.34. The van der Waals surface area contributed by atoms with Crippen molar-refractivity contribution < 1.29 is 19.1 Å². The summed E-state index contributed by atoms with van der Waals surface area (Å²) in [6.07, 6.45) is 0. The summed E-state index contributed by atoms with van der Waals surface area (Å²) in [6, 6.07) is 29.5. The van der Waals surface area contributed by atoms with Crippen molar-refractivity contribution in [3.8, 4) is 0 Å². The zero-order chi connectivity index (χ0) is 26.4. The van der Waals surface area contributed by atoms with Crippen molar-refractivity contribution in [3.05, 3.63) is 124 Å². The lowest BCUT2D eigenvalue weighted by molar-refractivity contribution is -0.117. The summed E-state index contributed by atoms with van der Waals surface area (Å²) in [7, 11) is 0. The van der Waals surface area contributed by atoms with Crippen LogP contribution in [0.15, 0.2) is 91.0 Å². The lowest BCUT2D eigenvalue weighted by atomic mass is 9.76. The van der Waals surface area contributed by atoms with E-state index in [0.717, 1.165) is 28.0 Å². The predicted octanol–water partition coefficient (Wildman–Crippen LogP) is 6.99. The number of amides is 1. The summed E-state index contributed by atoms with van der Waals surface area (Å²) in [4.78, 5) is 39.7.